The molecule has 4 rings (SSSR count). The zero-order valence-electron chi connectivity index (χ0n) is 24.1. The first-order chi connectivity index (χ1) is 19.4. The summed E-state index contributed by atoms with van der Waals surface area (Å²) in [5.74, 6) is 0.526. The summed E-state index contributed by atoms with van der Waals surface area (Å²) in [6.45, 7) is 6.12. The van der Waals surface area contributed by atoms with Crippen LogP contribution in [0.5, 0.6) is 5.75 Å². The van der Waals surface area contributed by atoms with E-state index in [2.05, 4.69) is 10.2 Å². The predicted molar refractivity (Wildman–Crippen MR) is 163 cm³/mol. The molecule has 0 saturated carbocycles. The van der Waals surface area contributed by atoms with Crippen molar-refractivity contribution in [1.29, 1.82) is 0 Å². The molecule has 0 spiro atoms. The first-order valence-electron chi connectivity index (χ1n) is 13.9. The molecule has 0 bridgehead atoms. The summed E-state index contributed by atoms with van der Waals surface area (Å²) in [5.41, 5.74) is 1.74. The third kappa shape index (κ3) is 7.74. The monoisotopic (exact) mass is 607 g/mol. The average Bonchev–Trinajstić information content (AvgIpc) is 2.93. The van der Waals surface area contributed by atoms with Crippen LogP contribution in [-0.4, -0.2) is 113 Å². The Bertz CT molecular complexity index is 1220. The van der Waals surface area contributed by atoms with Gasteiger partial charge in [-0.15, -0.1) is 0 Å². The van der Waals surface area contributed by atoms with Crippen molar-refractivity contribution in [2.75, 3.05) is 51.8 Å². The number of benzene rings is 2. The van der Waals surface area contributed by atoms with Crippen molar-refractivity contribution in [3.8, 4) is 5.75 Å². The van der Waals surface area contributed by atoms with E-state index >= 15 is 0 Å². The van der Waals surface area contributed by atoms with Crippen molar-refractivity contribution in [3.05, 3.63) is 64.2 Å². The molecule has 226 valence electrons. The first kappa shape index (κ1) is 31.6. The standard InChI is InChI=1S/C30H42ClN3O6S/c1-30(2,29(39)34-13-11-33(3)12-14-34)32-25(36)17-40-22-8-5-19(6-9-22)15-21-16-20(7-10-23(21)31)28-27(38)26(37)24(35)18-41(28)4/h5-10,16,24,26-28,35,37-38,41H,11-15,17-18H2,1-4H3,(H,32,36)/t24-,26-,27-,28+/m1/s1. The maximum atomic E-state index is 12.9. The number of aliphatic hydroxyl groups excluding tert-OH is 3. The Kier molecular flexibility index (Phi) is 10.3. The van der Waals surface area contributed by atoms with Crippen molar-refractivity contribution in [1.82, 2.24) is 15.1 Å². The number of halogens is 1. The summed E-state index contributed by atoms with van der Waals surface area (Å²) in [4.78, 5) is 29.5. The van der Waals surface area contributed by atoms with Crippen LogP contribution >= 0.6 is 22.5 Å². The van der Waals surface area contributed by atoms with Gasteiger partial charge in [0, 0.05) is 42.2 Å². The van der Waals surface area contributed by atoms with Crippen molar-refractivity contribution < 1.29 is 29.6 Å². The lowest BCUT2D eigenvalue weighted by Crippen LogP contribution is -2.59. The van der Waals surface area contributed by atoms with Crippen LogP contribution in [0, 0.1) is 0 Å². The normalized spacial score (nSPS) is 26.4. The van der Waals surface area contributed by atoms with Crippen molar-refractivity contribution in [3.63, 3.8) is 0 Å². The molecule has 2 aliphatic heterocycles. The number of piperazine rings is 1. The predicted octanol–water partition coefficient (Wildman–Crippen LogP) is 1.75. The first-order valence-corrected chi connectivity index (χ1v) is 16.3. The number of hydrogen-bond acceptors (Lipinski definition) is 7. The molecule has 5 atom stereocenters. The van der Waals surface area contributed by atoms with Gasteiger partial charge in [-0.05, 0) is 68.5 Å². The summed E-state index contributed by atoms with van der Waals surface area (Å²) in [6, 6.07) is 13.0. The number of aliphatic hydroxyl groups is 3. The average molecular weight is 608 g/mol. The molecule has 2 aliphatic rings. The summed E-state index contributed by atoms with van der Waals surface area (Å²) >= 11 is 6.51. The fraction of sp³-hybridized carbons (Fsp3) is 0.533. The number of ether oxygens (including phenoxy) is 1. The van der Waals surface area contributed by atoms with E-state index in [1.54, 1.807) is 30.9 Å². The lowest BCUT2D eigenvalue weighted by Gasteiger charge is -2.42. The minimum absolute atomic E-state index is 0.103. The second-order valence-electron chi connectivity index (χ2n) is 11.7. The third-order valence-electron chi connectivity index (χ3n) is 7.89. The van der Waals surface area contributed by atoms with E-state index in [1.807, 2.05) is 43.6 Å². The molecule has 2 fully saturated rings. The highest BCUT2D eigenvalue weighted by Crippen LogP contribution is 2.48. The number of carbonyl (C=O) groups excluding carboxylic acids is 2. The molecule has 0 aromatic heterocycles. The summed E-state index contributed by atoms with van der Waals surface area (Å²) < 4.78 is 5.68. The summed E-state index contributed by atoms with van der Waals surface area (Å²) in [5, 5.41) is 34.1. The van der Waals surface area contributed by atoms with Crippen LogP contribution < -0.4 is 10.1 Å². The van der Waals surface area contributed by atoms with Gasteiger partial charge < -0.3 is 35.2 Å². The molecule has 11 heteroatoms. The van der Waals surface area contributed by atoms with E-state index in [-0.39, 0.29) is 23.7 Å². The highest BCUT2D eigenvalue weighted by molar-refractivity contribution is 8.16. The van der Waals surface area contributed by atoms with Gasteiger partial charge in [0.05, 0.1) is 12.2 Å². The van der Waals surface area contributed by atoms with Crippen molar-refractivity contribution in [2.45, 2.75) is 49.4 Å². The van der Waals surface area contributed by atoms with E-state index in [9.17, 15) is 24.9 Å². The molecule has 0 aliphatic carbocycles. The van der Waals surface area contributed by atoms with Gasteiger partial charge in [-0.25, -0.2) is 10.9 Å². The number of nitrogens with zero attached hydrogens (tertiary/aromatic N) is 2. The van der Waals surface area contributed by atoms with E-state index in [0.717, 1.165) is 29.8 Å². The quantitative estimate of drug-likeness (QED) is 0.290. The molecule has 41 heavy (non-hydrogen) atoms. The van der Waals surface area contributed by atoms with Gasteiger partial charge >= 0.3 is 0 Å². The maximum absolute atomic E-state index is 12.9. The minimum atomic E-state index is -1.17. The number of carbonyl (C=O) groups is 2. The molecule has 4 N–H and O–H groups in total. The van der Waals surface area contributed by atoms with Gasteiger partial charge in [-0.2, -0.15) is 0 Å². The van der Waals surface area contributed by atoms with Gasteiger partial charge in [-0.1, -0.05) is 35.9 Å². The molecule has 9 nitrogen and oxygen atoms in total. The van der Waals surface area contributed by atoms with Crippen molar-refractivity contribution in [2.24, 2.45) is 0 Å². The van der Waals surface area contributed by atoms with E-state index in [4.69, 9.17) is 16.3 Å². The molecule has 2 aromatic rings. The zero-order valence-corrected chi connectivity index (χ0v) is 25.7. The van der Waals surface area contributed by atoms with E-state index < -0.39 is 34.7 Å². The molecule has 2 saturated heterocycles. The van der Waals surface area contributed by atoms with Crippen LogP contribution in [-0.2, 0) is 16.0 Å². The van der Waals surface area contributed by atoms with Gasteiger partial charge in [0.15, 0.2) is 6.61 Å². The van der Waals surface area contributed by atoms with E-state index in [0.29, 0.717) is 36.0 Å². The number of hydrogen-bond donors (Lipinski definition) is 5. The Morgan fingerprint density at radius 2 is 1.71 bits per heavy atom. The number of nitrogens with one attached hydrogen (secondary N) is 1. The molecular formula is C30H42ClN3O6S. The smallest absolute Gasteiger partial charge is 0.258 e. The van der Waals surface area contributed by atoms with Gasteiger partial charge in [0.2, 0.25) is 5.91 Å². The molecule has 2 amide bonds. The largest absolute Gasteiger partial charge is 0.484 e. The Morgan fingerprint density at radius 1 is 1.05 bits per heavy atom. The fourth-order valence-electron chi connectivity index (χ4n) is 5.47. The van der Waals surface area contributed by atoms with Crippen LogP contribution in [0.3, 0.4) is 0 Å². The fourth-order valence-corrected chi connectivity index (χ4v) is 8.06. The molecule has 2 aromatic carbocycles. The molecule has 0 radical (unpaired) electrons. The Morgan fingerprint density at radius 3 is 2.37 bits per heavy atom. The Balaban J connectivity index is 1.33. The second kappa shape index (κ2) is 13.3. The lowest BCUT2D eigenvalue weighted by atomic mass is 9.96. The Hall–Kier alpha value is -2.34. The maximum Gasteiger partial charge on any atom is 0.258 e. The lowest BCUT2D eigenvalue weighted by molar-refractivity contribution is -0.142. The zero-order chi connectivity index (χ0) is 29.9. The molecule has 2 heterocycles. The highest BCUT2D eigenvalue weighted by Gasteiger charge is 2.40. The van der Waals surface area contributed by atoms with Crippen LogP contribution in [0.25, 0.3) is 0 Å². The Labute approximate surface area is 249 Å². The van der Waals surface area contributed by atoms with Crippen LogP contribution in [0.1, 0.15) is 35.8 Å². The minimum Gasteiger partial charge on any atom is -0.484 e. The third-order valence-corrected chi connectivity index (χ3v) is 10.8. The van der Waals surface area contributed by atoms with Gasteiger partial charge in [0.1, 0.15) is 17.4 Å². The van der Waals surface area contributed by atoms with Gasteiger partial charge in [-0.3, -0.25) is 9.59 Å². The number of thiol groups is 1. The SMILES string of the molecule is CN1CCN(C(=O)C(C)(C)NC(=O)COc2ccc(Cc3cc([C@H]4[C@H](O)[C@H](O)[C@H](O)C[SH]4C)ccc3Cl)cc2)CC1. The number of likely N-dealkylation sites (N-methyl/N-ethyl adjacent to an activating group) is 1. The van der Waals surface area contributed by atoms with Crippen molar-refractivity contribution >= 4 is 34.3 Å². The molecular weight excluding hydrogens is 566 g/mol. The highest BCUT2D eigenvalue weighted by atomic mass is 35.5. The summed E-state index contributed by atoms with van der Waals surface area (Å²) in [6.07, 6.45) is -0.542. The van der Waals surface area contributed by atoms with E-state index in [1.165, 1.54) is 0 Å². The summed E-state index contributed by atoms with van der Waals surface area (Å²) in [7, 11) is 1.30. The molecule has 1 unspecified atom stereocenters. The second-order valence-corrected chi connectivity index (χ2v) is 14.5. The van der Waals surface area contributed by atoms with Crippen LogP contribution in [0.4, 0.5) is 0 Å². The topological polar surface area (TPSA) is 123 Å². The van der Waals surface area contributed by atoms with Crippen LogP contribution in [0.2, 0.25) is 5.02 Å². The van der Waals surface area contributed by atoms with Crippen LogP contribution in [0.15, 0.2) is 42.5 Å². The number of amides is 2. The van der Waals surface area contributed by atoms with Gasteiger partial charge in [0.25, 0.3) is 5.91 Å². The number of rotatable bonds is 8.